The second-order valence-electron chi connectivity index (χ2n) is 5.39. The number of hydrogen-bond acceptors (Lipinski definition) is 6. The predicted molar refractivity (Wildman–Crippen MR) is 97.0 cm³/mol. The number of nitrogens with one attached hydrogen (secondary N) is 1. The fraction of sp³-hybridized carbons (Fsp3) is 0.235. The molecule has 0 atom stereocenters. The van der Waals surface area contributed by atoms with E-state index >= 15 is 0 Å². The Bertz CT molecular complexity index is 914. The molecule has 26 heavy (non-hydrogen) atoms. The molecule has 3 rings (SSSR count). The van der Waals surface area contributed by atoms with E-state index in [9.17, 15) is 8.42 Å². The van der Waals surface area contributed by atoms with Gasteiger partial charge in [0.05, 0.1) is 5.75 Å². The maximum absolute atomic E-state index is 12.1. The van der Waals surface area contributed by atoms with Crippen LogP contribution in [-0.2, 0) is 16.6 Å². The maximum Gasteiger partial charge on any atom is 0.215 e. The molecule has 0 aliphatic rings. The zero-order valence-electron chi connectivity index (χ0n) is 14.0. The van der Waals surface area contributed by atoms with Crippen molar-refractivity contribution in [3.8, 4) is 17.4 Å². The van der Waals surface area contributed by atoms with Crippen LogP contribution < -0.4 is 9.46 Å². The number of ether oxygens (including phenoxy) is 1. The van der Waals surface area contributed by atoms with Crippen LogP contribution in [-0.4, -0.2) is 46.8 Å². The summed E-state index contributed by atoms with van der Waals surface area (Å²) in [6.07, 6.45) is 6.67. The number of imidazole rings is 1. The van der Waals surface area contributed by atoms with Gasteiger partial charge in [0, 0.05) is 37.9 Å². The highest BCUT2D eigenvalue weighted by molar-refractivity contribution is 7.89. The van der Waals surface area contributed by atoms with E-state index in [0.717, 1.165) is 0 Å². The number of hydrogen-bond donors (Lipinski definition) is 1. The highest BCUT2D eigenvalue weighted by Crippen LogP contribution is 2.11. The molecule has 0 spiro atoms. The van der Waals surface area contributed by atoms with Crippen LogP contribution in [0.3, 0.4) is 0 Å². The van der Waals surface area contributed by atoms with Crippen LogP contribution in [0, 0.1) is 0 Å². The van der Waals surface area contributed by atoms with Crippen molar-refractivity contribution in [2.45, 2.75) is 6.54 Å². The average molecular weight is 373 g/mol. The van der Waals surface area contributed by atoms with Crippen LogP contribution in [0.25, 0.3) is 11.6 Å². The van der Waals surface area contributed by atoms with Gasteiger partial charge >= 0.3 is 0 Å². The fourth-order valence-corrected chi connectivity index (χ4v) is 3.14. The molecule has 0 amide bonds. The summed E-state index contributed by atoms with van der Waals surface area (Å²) in [6, 6.07) is 10.8. The first-order chi connectivity index (χ1) is 12.6. The number of benzene rings is 1. The monoisotopic (exact) mass is 373 g/mol. The lowest BCUT2D eigenvalue weighted by molar-refractivity contribution is 0.340. The van der Waals surface area contributed by atoms with Crippen LogP contribution in [0.15, 0.2) is 61.2 Å². The minimum absolute atomic E-state index is 0.0908. The third-order valence-corrected chi connectivity index (χ3v) is 4.87. The van der Waals surface area contributed by atoms with Crippen molar-refractivity contribution >= 4 is 10.0 Å². The van der Waals surface area contributed by atoms with Gasteiger partial charge in [-0.05, 0) is 18.2 Å². The SMILES string of the molecule is O=S(=O)(CCOc1ccccc1)NCCn1ccnc1-c1ncccn1. The molecule has 136 valence electrons. The maximum atomic E-state index is 12.1. The van der Waals surface area contributed by atoms with Crippen LogP contribution in [0.1, 0.15) is 0 Å². The first-order valence-electron chi connectivity index (χ1n) is 8.08. The summed E-state index contributed by atoms with van der Waals surface area (Å²) >= 11 is 0. The Balaban J connectivity index is 1.48. The molecule has 0 saturated heterocycles. The first-order valence-corrected chi connectivity index (χ1v) is 9.73. The van der Waals surface area contributed by atoms with Crippen LogP contribution in [0.4, 0.5) is 0 Å². The molecule has 8 nitrogen and oxygen atoms in total. The van der Waals surface area contributed by atoms with Gasteiger partial charge in [0.15, 0.2) is 11.6 Å². The Morgan fingerprint density at radius 1 is 1.00 bits per heavy atom. The first kappa shape index (κ1) is 18.0. The Morgan fingerprint density at radius 2 is 1.77 bits per heavy atom. The summed E-state index contributed by atoms with van der Waals surface area (Å²) in [6.45, 7) is 0.754. The van der Waals surface area contributed by atoms with E-state index in [1.54, 1.807) is 47.6 Å². The summed E-state index contributed by atoms with van der Waals surface area (Å²) in [5.74, 6) is 1.63. The molecule has 0 bridgehead atoms. The van der Waals surface area contributed by atoms with E-state index in [2.05, 4.69) is 19.7 Å². The van der Waals surface area contributed by atoms with Gasteiger partial charge in [-0.15, -0.1) is 0 Å². The number of para-hydroxylation sites is 1. The van der Waals surface area contributed by atoms with Crippen molar-refractivity contribution in [3.63, 3.8) is 0 Å². The third-order valence-electron chi connectivity index (χ3n) is 3.52. The zero-order valence-corrected chi connectivity index (χ0v) is 14.8. The standard InChI is InChI=1S/C17H19N5O3S/c23-26(24,14-13-25-15-5-2-1-3-6-15)21-10-12-22-11-9-20-17(22)16-18-7-4-8-19-16/h1-9,11,21H,10,12-14H2. The number of aromatic nitrogens is 4. The summed E-state index contributed by atoms with van der Waals surface area (Å²) in [5, 5.41) is 0. The highest BCUT2D eigenvalue weighted by Gasteiger charge is 2.12. The molecule has 0 fully saturated rings. The van der Waals surface area contributed by atoms with Crippen molar-refractivity contribution < 1.29 is 13.2 Å². The number of nitrogens with zero attached hydrogens (tertiary/aromatic N) is 4. The van der Waals surface area contributed by atoms with Gasteiger partial charge in [0.1, 0.15) is 12.4 Å². The van der Waals surface area contributed by atoms with Gasteiger partial charge in [0.2, 0.25) is 10.0 Å². The normalized spacial score (nSPS) is 11.4. The Labute approximate surface area is 152 Å². The number of rotatable bonds is 9. The second kappa shape index (κ2) is 8.54. The molecule has 1 aromatic carbocycles. The molecule has 0 unspecified atom stereocenters. The van der Waals surface area contributed by atoms with E-state index in [1.165, 1.54) is 0 Å². The lowest BCUT2D eigenvalue weighted by Gasteiger charge is -2.10. The van der Waals surface area contributed by atoms with Crippen LogP contribution in [0.5, 0.6) is 5.75 Å². The molecule has 0 aliphatic heterocycles. The fourth-order valence-electron chi connectivity index (χ4n) is 2.29. The van der Waals surface area contributed by atoms with Gasteiger partial charge < -0.3 is 9.30 Å². The van der Waals surface area contributed by atoms with Gasteiger partial charge in [-0.3, -0.25) is 0 Å². The summed E-state index contributed by atoms with van der Waals surface area (Å²) in [5.41, 5.74) is 0. The molecule has 3 aromatic rings. The molecule has 0 radical (unpaired) electrons. The molecule has 0 saturated carbocycles. The van der Waals surface area contributed by atoms with Gasteiger partial charge in [-0.2, -0.15) is 0 Å². The van der Waals surface area contributed by atoms with Crippen LogP contribution >= 0.6 is 0 Å². The summed E-state index contributed by atoms with van der Waals surface area (Å²) in [4.78, 5) is 12.5. The topological polar surface area (TPSA) is 99.0 Å². The average Bonchev–Trinajstić information content (AvgIpc) is 3.11. The third kappa shape index (κ3) is 5.11. The minimum Gasteiger partial charge on any atom is -0.492 e. The second-order valence-corrected chi connectivity index (χ2v) is 7.32. The molecule has 2 aromatic heterocycles. The Kier molecular flexibility index (Phi) is 5.92. The lowest BCUT2D eigenvalue weighted by atomic mass is 10.3. The van der Waals surface area contributed by atoms with E-state index in [0.29, 0.717) is 23.9 Å². The molecule has 2 heterocycles. The van der Waals surface area contributed by atoms with Crippen LogP contribution in [0.2, 0.25) is 0 Å². The van der Waals surface area contributed by atoms with Crippen molar-refractivity contribution in [1.29, 1.82) is 0 Å². The predicted octanol–water partition coefficient (Wildman–Crippen LogP) is 1.34. The summed E-state index contributed by atoms with van der Waals surface area (Å²) < 4.78 is 33.9. The van der Waals surface area contributed by atoms with Gasteiger partial charge in [-0.25, -0.2) is 28.1 Å². The van der Waals surface area contributed by atoms with Crippen molar-refractivity contribution in [2.75, 3.05) is 18.9 Å². The molecule has 1 N–H and O–H groups in total. The molecular weight excluding hydrogens is 354 g/mol. The highest BCUT2D eigenvalue weighted by atomic mass is 32.2. The Hall–Kier alpha value is -2.78. The van der Waals surface area contributed by atoms with E-state index in [4.69, 9.17) is 4.74 Å². The largest absolute Gasteiger partial charge is 0.492 e. The lowest BCUT2D eigenvalue weighted by Crippen LogP contribution is -2.31. The zero-order chi connectivity index (χ0) is 18.2. The molecule has 9 heteroatoms. The van der Waals surface area contributed by atoms with E-state index < -0.39 is 10.0 Å². The molecular formula is C17H19N5O3S. The minimum atomic E-state index is -3.42. The molecule has 0 aliphatic carbocycles. The smallest absolute Gasteiger partial charge is 0.215 e. The number of sulfonamides is 1. The summed E-state index contributed by atoms with van der Waals surface area (Å²) in [7, 11) is -3.42. The van der Waals surface area contributed by atoms with Crippen molar-refractivity contribution in [1.82, 2.24) is 24.2 Å². The van der Waals surface area contributed by atoms with Crippen molar-refractivity contribution in [2.24, 2.45) is 0 Å². The van der Waals surface area contributed by atoms with Gasteiger partial charge in [-0.1, -0.05) is 18.2 Å². The van der Waals surface area contributed by atoms with Crippen molar-refractivity contribution in [3.05, 3.63) is 61.2 Å². The Morgan fingerprint density at radius 3 is 2.54 bits per heavy atom. The van der Waals surface area contributed by atoms with E-state index in [1.807, 2.05) is 18.2 Å². The quantitative estimate of drug-likeness (QED) is 0.608. The van der Waals surface area contributed by atoms with Gasteiger partial charge in [0.25, 0.3) is 0 Å². The van der Waals surface area contributed by atoms with E-state index in [-0.39, 0.29) is 18.9 Å².